The summed E-state index contributed by atoms with van der Waals surface area (Å²) >= 11 is 0. The van der Waals surface area contributed by atoms with E-state index in [1.165, 1.54) is 0 Å². The lowest BCUT2D eigenvalue weighted by Crippen LogP contribution is -2.27. The van der Waals surface area contributed by atoms with Gasteiger partial charge in [-0.15, -0.1) is 0 Å². The largest absolute Gasteiger partial charge is 0.481 e. The van der Waals surface area contributed by atoms with E-state index in [1.807, 2.05) is 42.5 Å². The van der Waals surface area contributed by atoms with Crippen LogP contribution >= 0.6 is 0 Å². The minimum absolute atomic E-state index is 0.138. The smallest absolute Gasteiger partial charge is 0.320 e. The Morgan fingerprint density at radius 3 is 2.50 bits per heavy atom. The van der Waals surface area contributed by atoms with Crippen LogP contribution in [0.15, 0.2) is 42.5 Å². The molecule has 104 valence electrons. The highest BCUT2D eigenvalue weighted by molar-refractivity contribution is 5.94. The summed E-state index contributed by atoms with van der Waals surface area (Å²) in [6.45, 7) is 1.84. The average molecular weight is 272 g/mol. The average Bonchev–Trinajstić information content (AvgIpc) is 2.44. The molecular weight excluding hydrogens is 256 g/mol. The third-order valence-electron chi connectivity index (χ3n) is 3.12. The van der Waals surface area contributed by atoms with Gasteiger partial charge in [-0.1, -0.05) is 42.5 Å². The molecule has 0 unspecified atom stereocenters. The quantitative estimate of drug-likeness (QED) is 0.671. The van der Waals surface area contributed by atoms with Crippen LogP contribution in [0.3, 0.4) is 0 Å². The van der Waals surface area contributed by atoms with E-state index in [4.69, 9.17) is 9.84 Å². The standard InChI is InChI=1S/C16H16O4/c1-2-20-16(19)14(15(17)18)10-11-7-8-12-5-3-4-6-13(12)9-11/h3-9,14H,2,10H2,1H3,(H,17,18)/t14-/m1/s1. The van der Waals surface area contributed by atoms with Crippen molar-refractivity contribution in [2.45, 2.75) is 13.3 Å². The Hall–Kier alpha value is -2.36. The third-order valence-corrected chi connectivity index (χ3v) is 3.12. The summed E-state index contributed by atoms with van der Waals surface area (Å²) < 4.78 is 4.81. The van der Waals surface area contributed by atoms with Crippen molar-refractivity contribution in [3.05, 3.63) is 48.0 Å². The van der Waals surface area contributed by atoms with Crippen LogP contribution in [0.4, 0.5) is 0 Å². The lowest BCUT2D eigenvalue weighted by molar-refractivity contribution is -0.158. The summed E-state index contributed by atoms with van der Waals surface area (Å²) in [6.07, 6.45) is 0.138. The Balaban J connectivity index is 2.24. The predicted molar refractivity (Wildman–Crippen MR) is 75.4 cm³/mol. The maximum Gasteiger partial charge on any atom is 0.320 e. The van der Waals surface area contributed by atoms with Crippen LogP contribution < -0.4 is 0 Å². The van der Waals surface area contributed by atoms with Gasteiger partial charge in [0.15, 0.2) is 5.92 Å². The second kappa shape index (κ2) is 6.19. The number of hydrogen-bond acceptors (Lipinski definition) is 3. The van der Waals surface area contributed by atoms with E-state index < -0.39 is 17.9 Å². The molecule has 0 spiro atoms. The van der Waals surface area contributed by atoms with E-state index in [9.17, 15) is 9.59 Å². The predicted octanol–water partition coefficient (Wildman–Crippen LogP) is 2.65. The van der Waals surface area contributed by atoms with Gasteiger partial charge in [0.1, 0.15) is 0 Å². The Morgan fingerprint density at radius 2 is 1.85 bits per heavy atom. The summed E-state index contributed by atoms with van der Waals surface area (Å²) in [6, 6.07) is 13.5. The van der Waals surface area contributed by atoms with Gasteiger partial charge in [-0.3, -0.25) is 9.59 Å². The zero-order chi connectivity index (χ0) is 14.5. The fourth-order valence-corrected chi connectivity index (χ4v) is 2.12. The van der Waals surface area contributed by atoms with Gasteiger partial charge in [0, 0.05) is 0 Å². The maximum absolute atomic E-state index is 11.6. The number of carbonyl (C=O) groups excluding carboxylic acids is 1. The number of aliphatic carboxylic acids is 1. The molecule has 0 radical (unpaired) electrons. The van der Waals surface area contributed by atoms with Crippen LogP contribution in [-0.4, -0.2) is 23.7 Å². The SMILES string of the molecule is CCOC(=O)[C@H](Cc1ccc2ccccc2c1)C(=O)O. The number of fused-ring (bicyclic) bond motifs is 1. The van der Waals surface area contributed by atoms with Crippen molar-refractivity contribution in [3.63, 3.8) is 0 Å². The number of esters is 1. The van der Waals surface area contributed by atoms with Gasteiger partial charge < -0.3 is 9.84 Å². The summed E-state index contributed by atoms with van der Waals surface area (Å²) in [4.78, 5) is 22.8. The number of carboxylic acids is 1. The van der Waals surface area contributed by atoms with Gasteiger partial charge in [-0.25, -0.2) is 0 Å². The molecule has 1 atom stereocenters. The number of hydrogen-bond donors (Lipinski definition) is 1. The molecule has 2 aromatic rings. The number of carbonyl (C=O) groups is 2. The molecule has 0 aliphatic rings. The molecule has 0 aliphatic carbocycles. The lowest BCUT2D eigenvalue weighted by Gasteiger charge is -2.11. The number of benzene rings is 2. The van der Waals surface area contributed by atoms with Gasteiger partial charge in [0.2, 0.25) is 0 Å². The molecule has 1 N–H and O–H groups in total. The van der Waals surface area contributed by atoms with Gasteiger partial charge in [-0.2, -0.15) is 0 Å². The van der Waals surface area contributed by atoms with Crippen LogP contribution in [0.2, 0.25) is 0 Å². The molecule has 0 bridgehead atoms. The molecule has 4 nitrogen and oxygen atoms in total. The van der Waals surface area contributed by atoms with Gasteiger partial charge in [-0.05, 0) is 29.7 Å². The minimum Gasteiger partial charge on any atom is -0.481 e. The molecule has 2 aromatic carbocycles. The number of ether oxygens (including phenoxy) is 1. The molecular formula is C16H16O4. The van der Waals surface area contributed by atoms with E-state index in [-0.39, 0.29) is 13.0 Å². The monoisotopic (exact) mass is 272 g/mol. The topological polar surface area (TPSA) is 63.6 Å². The summed E-state index contributed by atoms with van der Waals surface area (Å²) in [5, 5.41) is 11.3. The summed E-state index contributed by atoms with van der Waals surface area (Å²) in [7, 11) is 0. The fourth-order valence-electron chi connectivity index (χ4n) is 2.12. The molecule has 0 fully saturated rings. The molecule has 2 rings (SSSR count). The third kappa shape index (κ3) is 3.15. The Labute approximate surface area is 117 Å². The van der Waals surface area contributed by atoms with Crippen molar-refractivity contribution >= 4 is 22.7 Å². The first-order valence-electron chi connectivity index (χ1n) is 6.49. The van der Waals surface area contributed by atoms with Crippen molar-refractivity contribution in [1.29, 1.82) is 0 Å². The zero-order valence-corrected chi connectivity index (χ0v) is 11.2. The minimum atomic E-state index is -1.16. The summed E-state index contributed by atoms with van der Waals surface area (Å²) in [5.41, 5.74) is 0.809. The van der Waals surface area contributed by atoms with E-state index in [2.05, 4.69) is 0 Å². The van der Waals surface area contributed by atoms with Crippen molar-refractivity contribution in [2.75, 3.05) is 6.61 Å². The van der Waals surface area contributed by atoms with Crippen molar-refractivity contribution in [3.8, 4) is 0 Å². The van der Waals surface area contributed by atoms with Crippen molar-refractivity contribution in [2.24, 2.45) is 5.92 Å². The van der Waals surface area contributed by atoms with E-state index in [0.29, 0.717) is 0 Å². The van der Waals surface area contributed by atoms with Crippen molar-refractivity contribution < 1.29 is 19.4 Å². The van der Waals surface area contributed by atoms with E-state index in [0.717, 1.165) is 16.3 Å². The fraction of sp³-hybridized carbons (Fsp3) is 0.250. The first kappa shape index (κ1) is 14.1. The van der Waals surface area contributed by atoms with Gasteiger partial charge in [0.25, 0.3) is 0 Å². The van der Waals surface area contributed by atoms with Crippen LogP contribution in [0.5, 0.6) is 0 Å². The molecule has 20 heavy (non-hydrogen) atoms. The van der Waals surface area contributed by atoms with Gasteiger partial charge in [0.05, 0.1) is 6.61 Å². The molecule has 0 aliphatic heterocycles. The molecule has 4 heteroatoms. The first-order chi connectivity index (χ1) is 9.61. The van der Waals surface area contributed by atoms with Crippen LogP contribution in [0.25, 0.3) is 10.8 Å². The highest BCUT2D eigenvalue weighted by Gasteiger charge is 2.27. The molecule has 0 aromatic heterocycles. The second-order valence-corrected chi connectivity index (χ2v) is 4.53. The maximum atomic E-state index is 11.6. The molecule has 0 heterocycles. The number of rotatable bonds is 5. The van der Waals surface area contributed by atoms with Crippen LogP contribution in [0, 0.1) is 5.92 Å². The van der Waals surface area contributed by atoms with Gasteiger partial charge >= 0.3 is 11.9 Å². The van der Waals surface area contributed by atoms with E-state index in [1.54, 1.807) is 6.92 Å². The lowest BCUT2D eigenvalue weighted by atomic mass is 9.97. The zero-order valence-electron chi connectivity index (χ0n) is 11.2. The first-order valence-corrected chi connectivity index (χ1v) is 6.49. The Kier molecular flexibility index (Phi) is 4.35. The Morgan fingerprint density at radius 1 is 1.15 bits per heavy atom. The Bertz CT molecular complexity index is 633. The molecule has 0 saturated carbocycles. The van der Waals surface area contributed by atoms with Crippen molar-refractivity contribution in [1.82, 2.24) is 0 Å². The molecule has 0 saturated heterocycles. The summed E-state index contributed by atoms with van der Waals surface area (Å²) in [5.74, 6) is -3.00. The van der Waals surface area contributed by atoms with E-state index >= 15 is 0 Å². The van der Waals surface area contributed by atoms with Crippen LogP contribution in [0.1, 0.15) is 12.5 Å². The van der Waals surface area contributed by atoms with Crippen LogP contribution in [-0.2, 0) is 20.7 Å². The second-order valence-electron chi connectivity index (χ2n) is 4.53. The highest BCUT2D eigenvalue weighted by Crippen LogP contribution is 2.18. The normalized spacial score (nSPS) is 12.1. The highest BCUT2D eigenvalue weighted by atomic mass is 16.5. The number of carboxylic acid groups (broad SMARTS) is 1. The molecule has 0 amide bonds.